The van der Waals surface area contributed by atoms with E-state index in [0.717, 1.165) is 13.1 Å². The number of carbonyl (C=O) groups is 2. The highest BCUT2D eigenvalue weighted by molar-refractivity contribution is 6.31. The van der Waals surface area contributed by atoms with Gasteiger partial charge in [0.15, 0.2) is 0 Å². The molecule has 0 spiro atoms. The number of rotatable bonds is 5. The quantitative estimate of drug-likeness (QED) is 0.827. The second-order valence-corrected chi connectivity index (χ2v) is 7.85. The molecule has 1 aliphatic rings. The number of ether oxygens (including phenoxy) is 2. The van der Waals surface area contributed by atoms with Crippen LogP contribution in [0.5, 0.6) is 5.75 Å². The molecule has 0 saturated carbocycles. The van der Waals surface area contributed by atoms with Crippen molar-refractivity contribution in [1.82, 2.24) is 15.1 Å². The van der Waals surface area contributed by atoms with Crippen LogP contribution >= 0.6 is 11.6 Å². The molecule has 1 aromatic carbocycles. The van der Waals surface area contributed by atoms with Crippen LogP contribution in [0.2, 0.25) is 5.02 Å². The van der Waals surface area contributed by atoms with Gasteiger partial charge in [0.2, 0.25) is 0 Å². The highest BCUT2D eigenvalue weighted by atomic mass is 35.5. The molecule has 0 aliphatic carbocycles. The van der Waals surface area contributed by atoms with Crippen LogP contribution in [0, 0.1) is 0 Å². The van der Waals surface area contributed by atoms with Crippen LogP contribution in [0.3, 0.4) is 0 Å². The zero-order chi connectivity index (χ0) is 20.0. The third-order valence-corrected chi connectivity index (χ3v) is 4.38. The minimum absolute atomic E-state index is 0.221. The Morgan fingerprint density at radius 3 is 2.44 bits per heavy atom. The standard InChI is InChI=1S/C19H28ClN3O4/c1-19(2,3)27-18(25)23-11-9-22(10-12-23)8-7-21-17(24)15-13-14(20)5-6-16(15)26-4/h5-6,13H,7-12H2,1-4H3,(H,21,24). The van der Waals surface area contributed by atoms with Gasteiger partial charge in [0, 0.05) is 44.3 Å². The number of nitrogens with one attached hydrogen (secondary N) is 1. The molecule has 8 heteroatoms. The van der Waals surface area contributed by atoms with E-state index in [0.29, 0.717) is 42.5 Å². The van der Waals surface area contributed by atoms with Crippen molar-refractivity contribution >= 4 is 23.6 Å². The summed E-state index contributed by atoms with van der Waals surface area (Å²) in [5.74, 6) is 0.268. The fraction of sp³-hybridized carbons (Fsp3) is 0.579. The van der Waals surface area contributed by atoms with Crippen molar-refractivity contribution in [2.45, 2.75) is 26.4 Å². The summed E-state index contributed by atoms with van der Waals surface area (Å²) < 4.78 is 10.6. The number of methoxy groups -OCH3 is 1. The van der Waals surface area contributed by atoms with Crippen LogP contribution in [0.25, 0.3) is 0 Å². The topological polar surface area (TPSA) is 71.1 Å². The summed E-state index contributed by atoms with van der Waals surface area (Å²) >= 11 is 5.97. The summed E-state index contributed by atoms with van der Waals surface area (Å²) in [6.45, 7) is 9.51. The summed E-state index contributed by atoms with van der Waals surface area (Å²) in [4.78, 5) is 28.4. The van der Waals surface area contributed by atoms with E-state index < -0.39 is 5.60 Å². The van der Waals surface area contributed by atoms with E-state index in [-0.39, 0.29) is 12.0 Å². The lowest BCUT2D eigenvalue weighted by molar-refractivity contribution is 0.0147. The minimum atomic E-state index is -0.486. The lowest BCUT2D eigenvalue weighted by atomic mass is 10.2. The Balaban J connectivity index is 1.75. The summed E-state index contributed by atoms with van der Waals surface area (Å²) in [6, 6.07) is 4.95. The van der Waals surface area contributed by atoms with Gasteiger partial charge >= 0.3 is 6.09 Å². The molecule has 27 heavy (non-hydrogen) atoms. The number of hydrogen-bond acceptors (Lipinski definition) is 5. The molecule has 1 aromatic rings. The summed E-state index contributed by atoms with van der Waals surface area (Å²) in [5, 5.41) is 3.37. The van der Waals surface area contributed by atoms with Crippen LogP contribution < -0.4 is 10.1 Å². The fourth-order valence-electron chi connectivity index (χ4n) is 2.76. The van der Waals surface area contributed by atoms with E-state index in [1.807, 2.05) is 20.8 Å². The third kappa shape index (κ3) is 6.59. The maximum absolute atomic E-state index is 12.4. The van der Waals surface area contributed by atoms with Gasteiger partial charge in [-0.3, -0.25) is 9.69 Å². The molecule has 1 saturated heterocycles. The minimum Gasteiger partial charge on any atom is -0.496 e. The Morgan fingerprint density at radius 2 is 1.85 bits per heavy atom. The first-order chi connectivity index (χ1) is 12.7. The number of halogens is 1. The SMILES string of the molecule is COc1ccc(Cl)cc1C(=O)NCCN1CCN(C(=O)OC(C)(C)C)CC1. The molecule has 1 fully saturated rings. The predicted molar refractivity (Wildman–Crippen MR) is 105 cm³/mol. The molecule has 7 nitrogen and oxygen atoms in total. The van der Waals surface area contributed by atoms with Crippen molar-refractivity contribution in [2.75, 3.05) is 46.4 Å². The predicted octanol–water partition coefficient (Wildman–Crippen LogP) is 2.63. The largest absolute Gasteiger partial charge is 0.496 e. The average Bonchev–Trinajstić information content (AvgIpc) is 2.60. The zero-order valence-electron chi connectivity index (χ0n) is 16.4. The first kappa shape index (κ1) is 21.3. The van der Waals surface area contributed by atoms with E-state index >= 15 is 0 Å². The number of benzene rings is 1. The van der Waals surface area contributed by atoms with Crippen LogP contribution in [0.1, 0.15) is 31.1 Å². The number of hydrogen-bond donors (Lipinski definition) is 1. The number of piperazine rings is 1. The molecule has 0 unspecified atom stereocenters. The van der Waals surface area contributed by atoms with Crippen LogP contribution in [-0.2, 0) is 4.74 Å². The summed E-state index contributed by atoms with van der Waals surface area (Å²) in [5.41, 5.74) is -0.0698. The molecular formula is C19H28ClN3O4. The molecule has 1 heterocycles. The van der Waals surface area contributed by atoms with E-state index in [9.17, 15) is 9.59 Å². The van der Waals surface area contributed by atoms with Gasteiger partial charge < -0.3 is 19.7 Å². The Kier molecular flexibility index (Phi) is 7.33. The maximum Gasteiger partial charge on any atom is 0.410 e. The molecule has 1 aliphatic heterocycles. The lowest BCUT2D eigenvalue weighted by Crippen LogP contribution is -2.51. The number of amides is 2. The molecular weight excluding hydrogens is 370 g/mol. The monoisotopic (exact) mass is 397 g/mol. The Labute approximate surface area is 165 Å². The van der Waals surface area contributed by atoms with Gasteiger partial charge in [-0.1, -0.05) is 11.6 Å². The number of carbonyl (C=O) groups excluding carboxylic acids is 2. The first-order valence-electron chi connectivity index (χ1n) is 9.01. The van der Waals surface area contributed by atoms with Gasteiger partial charge in [0.25, 0.3) is 5.91 Å². The Morgan fingerprint density at radius 1 is 1.19 bits per heavy atom. The average molecular weight is 398 g/mol. The van der Waals surface area contributed by atoms with Crippen molar-refractivity contribution in [1.29, 1.82) is 0 Å². The highest BCUT2D eigenvalue weighted by Crippen LogP contribution is 2.22. The Bertz CT molecular complexity index is 667. The fourth-order valence-corrected chi connectivity index (χ4v) is 2.93. The van der Waals surface area contributed by atoms with Crippen molar-refractivity contribution in [3.8, 4) is 5.75 Å². The third-order valence-electron chi connectivity index (χ3n) is 4.14. The van der Waals surface area contributed by atoms with Gasteiger partial charge in [-0.15, -0.1) is 0 Å². The van der Waals surface area contributed by atoms with Gasteiger partial charge in [-0.05, 0) is 39.0 Å². The lowest BCUT2D eigenvalue weighted by Gasteiger charge is -2.35. The first-order valence-corrected chi connectivity index (χ1v) is 9.39. The van der Waals surface area contributed by atoms with Gasteiger partial charge in [0.05, 0.1) is 12.7 Å². The molecule has 0 atom stereocenters. The van der Waals surface area contributed by atoms with Crippen LogP contribution in [0.4, 0.5) is 4.79 Å². The van der Waals surface area contributed by atoms with E-state index in [1.54, 1.807) is 23.1 Å². The zero-order valence-corrected chi connectivity index (χ0v) is 17.1. The van der Waals surface area contributed by atoms with E-state index in [2.05, 4.69) is 10.2 Å². The maximum atomic E-state index is 12.4. The smallest absolute Gasteiger partial charge is 0.410 e. The second-order valence-electron chi connectivity index (χ2n) is 7.41. The number of nitrogens with zero attached hydrogens (tertiary/aromatic N) is 2. The van der Waals surface area contributed by atoms with Gasteiger partial charge in [0.1, 0.15) is 11.4 Å². The molecule has 0 radical (unpaired) electrons. The van der Waals surface area contributed by atoms with Gasteiger partial charge in [-0.25, -0.2) is 4.79 Å². The van der Waals surface area contributed by atoms with Crippen molar-refractivity contribution in [3.05, 3.63) is 28.8 Å². The summed E-state index contributed by atoms with van der Waals surface area (Å²) in [7, 11) is 1.52. The van der Waals surface area contributed by atoms with E-state index in [4.69, 9.17) is 21.1 Å². The van der Waals surface area contributed by atoms with Gasteiger partial charge in [-0.2, -0.15) is 0 Å². The van der Waals surface area contributed by atoms with Crippen molar-refractivity contribution in [3.63, 3.8) is 0 Å². The molecule has 0 aromatic heterocycles. The molecule has 1 N–H and O–H groups in total. The second kappa shape index (κ2) is 9.28. The summed E-state index contributed by atoms with van der Waals surface area (Å²) in [6.07, 6.45) is -0.275. The molecule has 0 bridgehead atoms. The van der Waals surface area contributed by atoms with Crippen molar-refractivity contribution < 1.29 is 19.1 Å². The highest BCUT2D eigenvalue weighted by Gasteiger charge is 2.25. The normalized spacial score (nSPS) is 15.4. The molecule has 150 valence electrons. The Hall–Kier alpha value is -1.99. The van der Waals surface area contributed by atoms with E-state index in [1.165, 1.54) is 7.11 Å². The van der Waals surface area contributed by atoms with Crippen molar-refractivity contribution in [2.24, 2.45) is 0 Å². The van der Waals surface area contributed by atoms with Crippen LogP contribution in [0.15, 0.2) is 18.2 Å². The molecule has 2 amide bonds. The molecule has 2 rings (SSSR count). The van der Waals surface area contributed by atoms with Crippen LogP contribution in [-0.4, -0.2) is 73.8 Å².